The summed E-state index contributed by atoms with van der Waals surface area (Å²) in [6.45, 7) is 11.7. The molecule has 0 fully saturated rings. The predicted molar refractivity (Wildman–Crippen MR) is 197 cm³/mol. The Morgan fingerprint density at radius 1 is 0.827 bits per heavy atom. The van der Waals surface area contributed by atoms with Gasteiger partial charge in [-0.3, -0.25) is 18.8 Å². The zero-order valence-electron chi connectivity index (χ0n) is 29.4. The van der Waals surface area contributed by atoms with Crippen molar-refractivity contribution in [3.63, 3.8) is 0 Å². The van der Waals surface area contributed by atoms with E-state index in [0.29, 0.717) is 23.2 Å². The molecule has 0 spiro atoms. The molecule has 2 aliphatic rings. The smallest absolute Gasteiger partial charge is 0.348 e. The third-order valence-electron chi connectivity index (χ3n) is 10.0. The fraction of sp³-hybridized carbons (Fsp3) is 0.244. The van der Waals surface area contributed by atoms with E-state index < -0.39 is 17.3 Å². The molecule has 260 valence electrons. The standard InChI is InChI=1S/C41H35F3N8/c1-39(2,3)36-35-29(48-38-26-12-9-17-45-34(26)27(22-52(35)38)24-10-7-6-8-11-24)15-18-50(36)23-40(4,5)32-14-13-25-28(47-32)16-19-51-31-21-46-33(41(42,43)44)20-30(31)49-37(25)51/h6-11,13-22H,12,23H2,1-5H3. The van der Waals surface area contributed by atoms with Crippen LogP contribution in [0.4, 0.5) is 13.2 Å². The molecule has 0 atom stereocenters. The summed E-state index contributed by atoms with van der Waals surface area (Å²) in [5, 5.41) is 2.79. The first-order valence-electron chi connectivity index (χ1n) is 17.2. The summed E-state index contributed by atoms with van der Waals surface area (Å²) >= 11 is 0. The van der Waals surface area contributed by atoms with Crippen LogP contribution in [-0.2, 0) is 18.0 Å². The van der Waals surface area contributed by atoms with Gasteiger partial charge in [0.15, 0.2) is 0 Å². The number of halogens is 3. The third-order valence-corrected chi connectivity index (χ3v) is 10.0. The molecule has 0 unspecified atom stereocenters. The number of hydrogen-bond acceptors (Lipinski definition) is 6. The SMILES string of the molecule is CC(C)(C)C1=c2c(nc3c4c(c(-c5ccccc5)cn23)=NC=CC4)C=CN1CC(C)(C)c1ccc2c(ccn3c4cnc(C(F)(F)F)cc4nc23)n1. The van der Waals surface area contributed by atoms with Crippen LogP contribution in [0.2, 0.25) is 0 Å². The minimum absolute atomic E-state index is 0.232. The molecule has 52 heavy (non-hydrogen) atoms. The molecule has 7 aromatic rings. The first kappa shape index (κ1) is 32.1. The second-order valence-electron chi connectivity index (χ2n) is 15.2. The zero-order valence-corrected chi connectivity index (χ0v) is 29.4. The van der Waals surface area contributed by atoms with E-state index in [4.69, 9.17) is 15.0 Å². The van der Waals surface area contributed by atoms with Crippen molar-refractivity contribution in [2.45, 2.75) is 52.6 Å². The van der Waals surface area contributed by atoms with Crippen molar-refractivity contribution in [2.24, 2.45) is 10.4 Å². The quantitative estimate of drug-likeness (QED) is 0.187. The van der Waals surface area contributed by atoms with Gasteiger partial charge < -0.3 is 4.90 Å². The van der Waals surface area contributed by atoms with Crippen LogP contribution in [0.3, 0.4) is 0 Å². The topological polar surface area (TPSA) is 76.0 Å². The fourth-order valence-electron chi connectivity index (χ4n) is 7.66. The van der Waals surface area contributed by atoms with Crippen molar-refractivity contribution in [1.29, 1.82) is 0 Å². The Hall–Kier alpha value is -5.84. The van der Waals surface area contributed by atoms with E-state index in [2.05, 4.69) is 103 Å². The molecule has 6 aromatic heterocycles. The van der Waals surface area contributed by atoms with Crippen molar-refractivity contribution in [3.05, 3.63) is 125 Å². The molecule has 9 rings (SSSR count). The summed E-state index contributed by atoms with van der Waals surface area (Å²) < 4.78 is 44.2. The lowest BCUT2D eigenvalue weighted by atomic mass is 9.84. The highest BCUT2D eigenvalue weighted by atomic mass is 19.4. The van der Waals surface area contributed by atoms with Gasteiger partial charge in [0.1, 0.15) is 17.0 Å². The van der Waals surface area contributed by atoms with E-state index in [1.165, 1.54) is 6.20 Å². The van der Waals surface area contributed by atoms with Gasteiger partial charge in [0.2, 0.25) is 0 Å². The first-order chi connectivity index (χ1) is 24.8. The maximum absolute atomic E-state index is 13.4. The molecule has 0 aliphatic carbocycles. The van der Waals surface area contributed by atoms with Crippen LogP contribution in [0.5, 0.6) is 0 Å². The normalized spacial score (nSPS) is 14.8. The Balaban J connectivity index is 1.15. The molecule has 0 saturated heterocycles. The molecular formula is C41H35F3N8. The van der Waals surface area contributed by atoms with Gasteiger partial charge in [-0.1, -0.05) is 71.0 Å². The van der Waals surface area contributed by atoms with Gasteiger partial charge in [-0.15, -0.1) is 0 Å². The number of allylic oxidation sites excluding steroid dienone is 1. The molecule has 2 aliphatic heterocycles. The van der Waals surface area contributed by atoms with Crippen molar-refractivity contribution in [1.82, 2.24) is 33.6 Å². The lowest BCUT2D eigenvalue weighted by molar-refractivity contribution is -0.141. The molecule has 8 heterocycles. The van der Waals surface area contributed by atoms with Crippen LogP contribution >= 0.6 is 0 Å². The highest BCUT2D eigenvalue weighted by Gasteiger charge is 2.35. The van der Waals surface area contributed by atoms with E-state index in [1.807, 2.05) is 30.5 Å². The maximum Gasteiger partial charge on any atom is 0.433 e. The van der Waals surface area contributed by atoms with Crippen LogP contribution in [0.25, 0.3) is 56.1 Å². The Morgan fingerprint density at radius 2 is 1.63 bits per heavy atom. The molecule has 0 saturated carbocycles. The first-order valence-corrected chi connectivity index (χ1v) is 17.2. The van der Waals surface area contributed by atoms with Gasteiger partial charge in [0.05, 0.1) is 39.1 Å². The van der Waals surface area contributed by atoms with Crippen LogP contribution in [0, 0.1) is 5.41 Å². The monoisotopic (exact) mass is 696 g/mol. The van der Waals surface area contributed by atoms with Crippen molar-refractivity contribution >= 4 is 45.0 Å². The van der Waals surface area contributed by atoms with Crippen molar-refractivity contribution in [3.8, 4) is 11.1 Å². The number of benzene rings is 1. The average Bonchev–Trinajstić information content (AvgIpc) is 3.68. The number of nitrogens with zero attached hydrogens (tertiary/aromatic N) is 8. The predicted octanol–water partition coefficient (Wildman–Crippen LogP) is 7.87. The Bertz CT molecular complexity index is 2800. The Labute approximate surface area is 297 Å². The molecule has 1 aromatic carbocycles. The summed E-state index contributed by atoms with van der Waals surface area (Å²) in [4.78, 5) is 25.7. The van der Waals surface area contributed by atoms with E-state index >= 15 is 0 Å². The summed E-state index contributed by atoms with van der Waals surface area (Å²) in [7, 11) is 0. The molecule has 0 radical (unpaired) electrons. The average molecular weight is 697 g/mol. The number of hydrogen-bond donors (Lipinski definition) is 0. The van der Waals surface area contributed by atoms with Gasteiger partial charge in [-0.25, -0.2) is 15.0 Å². The van der Waals surface area contributed by atoms with Crippen LogP contribution < -0.4 is 10.7 Å². The molecule has 0 amide bonds. The van der Waals surface area contributed by atoms with E-state index in [0.717, 1.165) is 68.0 Å². The minimum Gasteiger partial charge on any atom is -0.348 e. The number of alkyl halides is 3. The zero-order chi connectivity index (χ0) is 36.2. The van der Waals surface area contributed by atoms with E-state index in [9.17, 15) is 13.2 Å². The van der Waals surface area contributed by atoms with Gasteiger partial charge in [-0.2, -0.15) is 13.2 Å². The second-order valence-corrected chi connectivity index (χ2v) is 15.2. The third kappa shape index (κ3) is 5.01. The highest BCUT2D eigenvalue weighted by Crippen LogP contribution is 2.36. The van der Waals surface area contributed by atoms with Gasteiger partial charge in [0.25, 0.3) is 0 Å². The molecule has 0 bridgehead atoms. The molecular weight excluding hydrogens is 662 g/mol. The largest absolute Gasteiger partial charge is 0.433 e. The summed E-state index contributed by atoms with van der Waals surface area (Å²) in [6, 6.07) is 17.2. The van der Waals surface area contributed by atoms with Crippen LogP contribution in [-0.4, -0.2) is 40.2 Å². The van der Waals surface area contributed by atoms with E-state index in [-0.39, 0.29) is 10.9 Å². The highest BCUT2D eigenvalue weighted by molar-refractivity contribution is 5.96. The van der Waals surface area contributed by atoms with Crippen molar-refractivity contribution < 1.29 is 13.2 Å². The molecule has 0 N–H and O–H groups in total. The summed E-state index contributed by atoms with van der Waals surface area (Å²) in [6.07, 6.45) is 9.62. The van der Waals surface area contributed by atoms with Gasteiger partial charge in [-0.05, 0) is 42.3 Å². The Morgan fingerprint density at radius 3 is 2.40 bits per heavy atom. The molecule has 8 nitrogen and oxygen atoms in total. The number of pyridine rings is 4. The summed E-state index contributed by atoms with van der Waals surface area (Å²) in [5.74, 6) is 0. The lowest BCUT2D eigenvalue weighted by Gasteiger charge is -2.39. The van der Waals surface area contributed by atoms with Gasteiger partial charge in [0, 0.05) is 70.1 Å². The molecule has 11 heteroatoms. The summed E-state index contributed by atoms with van der Waals surface area (Å²) in [5.41, 5.74) is 7.55. The van der Waals surface area contributed by atoms with Crippen molar-refractivity contribution in [2.75, 3.05) is 6.54 Å². The fourth-order valence-corrected chi connectivity index (χ4v) is 7.66. The Kier molecular flexibility index (Phi) is 6.84. The van der Waals surface area contributed by atoms with E-state index in [1.54, 1.807) is 10.6 Å². The number of aromatic nitrogens is 6. The number of fused-ring (bicyclic) bond motifs is 10. The lowest BCUT2D eigenvalue weighted by Crippen LogP contribution is -2.42. The number of imidazole rings is 2. The maximum atomic E-state index is 13.4. The van der Waals surface area contributed by atoms with Crippen LogP contribution in [0.1, 0.15) is 57.3 Å². The number of rotatable bonds is 4. The second kappa shape index (κ2) is 11.1. The minimum atomic E-state index is -4.55. The van der Waals surface area contributed by atoms with Gasteiger partial charge >= 0.3 is 6.18 Å². The van der Waals surface area contributed by atoms with Crippen LogP contribution in [0.15, 0.2) is 96.7 Å².